The van der Waals surface area contributed by atoms with Gasteiger partial charge in [-0.25, -0.2) is 4.39 Å². The fourth-order valence-electron chi connectivity index (χ4n) is 1.61. The molecule has 0 radical (unpaired) electrons. The molecule has 0 aliphatic rings. The van der Waals surface area contributed by atoms with Gasteiger partial charge in [0.1, 0.15) is 5.82 Å². The van der Waals surface area contributed by atoms with E-state index in [1.54, 1.807) is 12.1 Å². The molecule has 0 spiro atoms. The summed E-state index contributed by atoms with van der Waals surface area (Å²) in [7, 11) is 0. The molecule has 3 heteroatoms. The third-order valence-electron chi connectivity index (χ3n) is 2.47. The van der Waals surface area contributed by atoms with Crippen LogP contribution in [-0.2, 0) is 4.79 Å². The van der Waals surface area contributed by atoms with E-state index in [1.165, 1.54) is 12.1 Å². The van der Waals surface area contributed by atoms with Gasteiger partial charge in [0, 0.05) is 18.7 Å². The maximum Gasteiger partial charge on any atom is 0.152 e. The summed E-state index contributed by atoms with van der Waals surface area (Å²) in [6.45, 7) is 5.14. The Kier molecular flexibility index (Phi) is 4.96. The molecule has 0 fully saturated rings. The van der Waals surface area contributed by atoms with Crippen molar-refractivity contribution in [3.05, 3.63) is 30.1 Å². The molecule has 16 heavy (non-hydrogen) atoms. The van der Waals surface area contributed by atoms with E-state index < -0.39 is 0 Å². The summed E-state index contributed by atoms with van der Waals surface area (Å²) in [5.74, 6) is -0.0200. The van der Waals surface area contributed by atoms with Gasteiger partial charge in [0.2, 0.25) is 0 Å². The van der Waals surface area contributed by atoms with Gasteiger partial charge in [-0.1, -0.05) is 6.92 Å². The van der Waals surface area contributed by atoms with Crippen LogP contribution < -0.4 is 4.90 Å². The lowest BCUT2D eigenvalue weighted by Gasteiger charge is -2.22. The Morgan fingerprint density at radius 2 is 1.88 bits per heavy atom. The van der Waals surface area contributed by atoms with Crippen molar-refractivity contribution in [2.24, 2.45) is 0 Å². The number of anilines is 1. The number of Topliss-reactive ketones (excluding diaryl/α,β-unsaturated/α-hetero) is 1. The number of likely N-dealkylation sites (N-methyl/N-ethyl adjacent to an activating group) is 1. The third kappa shape index (κ3) is 3.65. The highest BCUT2D eigenvalue weighted by molar-refractivity contribution is 5.83. The quantitative estimate of drug-likeness (QED) is 0.738. The van der Waals surface area contributed by atoms with E-state index in [4.69, 9.17) is 0 Å². The molecule has 0 unspecified atom stereocenters. The summed E-state index contributed by atoms with van der Waals surface area (Å²) < 4.78 is 12.8. The molecule has 0 bridgehead atoms. The van der Waals surface area contributed by atoms with E-state index in [0.717, 1.165) is 18.7 Å². The Hall–Kier alpha value is -1.38. The highest BCUT2D eigenvalue weighted by Crippen LogP contribution is 2.14. The average molecular weight is 223 g/mol. The Morgan fingerprint density at radius 3 is 2.38 bits per heavy atom. The maximum atomic E-state index is 12.8. The maximum absolute atomic E-state index is 12.8. The van der Waals surface area contributed by atoms with Crippen LogP contribution in [0.5, 0.6) is 0 Å². The minimum absolute atomic E-state index is 0.230. The van der Waals surface area contributed by atoms with Gasteiger partial charge in [0.05, 0.1) is 6.54 Å². The molecule has 1 rings (SSSR count). The molecule has 2 nitrogen and oxygen atoms in total. The predicted octanol–water partition coefficient (Wildman–Crippen LogP) is 3.02. The topological polar surface area (TPSA) is 20.3 Å². The van der Waals surface area contributed by atoms with E-state index in [9.17, 15) is 9.18 Å². The van der Waals surface area contributed by atoms with Crippen LogP contribution in [0, 0.1) is 5.82 Å². The van der Waals surface area contributed by atoms with E-state index in [1.807, 2.05) is 18.7 Å². The van der Waals surface area contributed by atoms with Crippen LogP contribution >= 0.6 is 0 Å². The van der Waals surface area contributed by atoms with Crippen molar-refractivity contribution in [1.82, 2.24) is 0 Å². The second-order valence-electron chi connectivity index (χ2n) is 3.78. The summed E-state index contributed by atoms with van der Waals surface area (Å²) in [6, 6.07) is 6.25. The highest BCUT2D eigenvalue weighted by atomic mass is 19.1. The van der Waals surface area contributed by atoms with Gasteiger partial charge in [-0.15, -0.1) is 0 Å². The van der Waals surface area contributed by atoms with Crippen molar-refractivity contribution in [3.8, 4) is 0 Å². The fraction of sp³-hybridized carbons (Fsp3) is 0.462. The van der Waals surface area contributed by atoms with Crippen molar-refractivity contribution < 1.29 is 9.18 Å². The van der Waals surface area contributed by atoms with E-state index in [2.05, 4.69) is 0 Å². The van der Waals surface area contributed by atoms with E-state index in [-0.39, 0.29) is 11.6 Å². The van der Waals surface area contributed by atoms with Crippen LogP contribution in [0.4, 0.5) is 10.1 Å². The molecule has 0 atom stereocenters. The lowest BCUT2D eigenvalue weighted by atomic mass is 10.2. The first-order chi connectivity index (χ1) is 7.67. The summed E-state index contributed by atoms with van der Waals surface area (Å²) >= 11 is 0. The number of benzene rings is 1. The van der Waals surface area contributed by atoms with Gasteiger partial charge in [-0.05, 0) is 37.6 Å². The normalized spacial score (nSPS) is 10.2. The summed E-state index contributed by atoms with van der Waals surface area (Å²) in [4.78, 5) is 13.5. The number of hydrogen-bond acceptors (Lipinski definition) is 2. The molecule has 0 N–H and O–H groups in total. The van der Waals surface area contributed by atoms with Gasteiger partial charge in [0.15, 0.2) is 5.78 Å². The first-order valence-electron chi connectivity index (χ1n) is 5.69. The highest BCUT2D eigenvalue weighted by Gasteiger charge is 2.09. The monoisotopic (exact) mass is 223 g/mol. The van der Waals surface area contributed by atoms with Crippen LogP contribution in [-0.4, -0.2) is 18.9 Å². The van der Waals surface area contributed by atoms with Crippen LogP contribution in [0.1, 0.15) is 26.7 Å². The Bertz CT molecular complexity index is 334. The number of rotatable bonds is 6. The van der Waals surface area contributed by atoms with E-state index in [0.29, 0.717) is 13.0 Å². The molecule has 1 aromatic rings. The molecule has 0 saturated carbocycles. The lowest BCUT2D eigenvalue weighted by Crippen LogP contribution is -2.29. The molecular formula is C13H18FNO. The molecular weight excluding hydrogens is 205 g/mol. The zero-order valence-corrected chi connectivity index (χ0v) is 9.87. The largest absolute Gasteiger partial charge is 0.364 e. The lowest BCUT2D eigenvalue weighted by molar-refractivity contribution is -0.117. The smallest absolute Gasteiger partial charge is 0.152 e. The minimum Gasteiger partial charge on any atom is -0.364 e. The Labute approximate surface area is 96.1 Å². The molecule has 0 amide bonds. The van der Waals surface area contributed by atoms with Crippen LogP contribution in [0.15, 0.2) is 24.3 Å². The number of ketones is 1. The molecule has 1 aromatic carbocycles. The zero-order valence-electron chi connectivity index (χ0n) is 9.87. The summed E-state index contributed by atoms with van der Waals surface area (Å²) in [6.07, 6.45) is 1.48. The first kappa shape index (κ1) is 12.7. The van der Waals surface area contributed by atoms with Crippen molar-refractivity contribution in [1.29, 1.82) is 0 Å². The van der Waals surface area contributed by atoms with Crippen molar-refractivity contribution in [2.45, 2.75) is 26.7 Å². The van der Waals surface area contributed by atoms with Gasteiger partial charge in [-0.2, -0.15) is 0 Å². The number of hydrogen-bond donors (Lipinski definition) is 0. The second kappa shape index (κ2) is 6.26. The van der Waals surface area contributed by atoms with Gasteiger partial charge < -0.3 is 4.90 Å². The fourth-order valence-corrected chi connectivity index (χ4v) is 1.61. The number of carbonyl (C=O) groups excluding carboxylic acids is 1. The van der Waals surface area contributed by atoms with E-state index >= 15 is 0 Å². The first-order valence-corrected chi connectivity index (χ1v) is 5.69. The standard InChI is InChI=1S/C13H18FNO/c1-3-5-13(16)10-15(4-2)12-8-6-11(14)7-9-12/h6-9H,3-5,10H2,1-2H3. The van der Waals surface area contributed by atoms with Gasteiger partial charge in [0.25, 0.3) is 0 Å². The Morgan fingerprint density at radius 1 is 1.25 bits per heavy atom. The molecule has 0 aliphatic heterocycles. The summed E-state index contributed by atoms with van der Waals surface area (Å²) in [5.41, 5.74) is 0.897. The minimum atomic E-state index is -0.250. The molecule has 88 valence electrons. The summed E-state index contributed by atoms with van der Waals surface area (Å²) in [5, 5.41) is 0. The van der Waals surface area contributed by atoms with Crippen LogP contribution in [0.2, 0.25) is 0 Å². The van der Waals surface area contributed by atoms with Gasteiger partial charge in [-0.3, -0.25) is 4.79 Å². The van der Waals surface area contributed by atoms with Crippen molar-refractivity contribution in [3.63, 3.8) is 0 Å². The average Bonchev–Trinajstić information content (AvgIpc) is 2.27. The second-order valence-corrected chi connectivity index (χ2v) is 3.78. The SMILES string of the molecule is CCCC(=O)CN(CC)c1ccc(F)cc1. The third-order valence-corrected chi connectivity index (χ3v) is 2.47. The number of halogens is 1. The van der Waals surface area contributed by atoms with Gasteiger partial charge >= 0.3 is 0 Å². The van der Waals surface area contributed by atoms with Crippen LogP contribution in [0.25, 0.3) is 0 Å². The zero-order chi connectivity index (χ0) is 12.0. The molecule has 0 saturated heterocycles. The molecule has 0 aromatic heterocycles. The predicted molar refractivity (Wildman–Crippen MR) is 64.2 cm³/mol. The number of nitrogens with zero attached hydrogens (tertiary/aromatic N) is 1. The Balaban J connectivity index is 2.67. The van der Waals surface area contributed by atoms with Crippen molar-refractivity contribution >= 4 is 11.5 Å². The van der Waals surface area contributed by atoms with Crippen LogP contribution in [0.3, 0.4) is 0 Å². The molecule has 0 heterocycles. The number of carbonyl (C=O) groups is 1. The molecule has 0 aliphatic carbocycles. The van der Waals surface area contributed by atoms with Crippen molar-refractivity contribution in [2.75, 3.05) is 18.0 Å².